The van der Waals surface area contributed by atoms with Crippen molar-refractivity contribution in [3.63, 3.8) is 0 Å². The molecule has 5 aromatic rings. The lowest BCUT2D eigenvalue weighted by molar-refractivity contribution is -0.346. The van der Waals surface area contributed by atoms with E-state index in [9.17, 15) is 40.2 Å². The van der Waals surface area contributed by atoms with Crippen LogP contribution in [0.3, 0.4) is 0 Å². The summed E-state index contributed by atoms with van der Waals surface area (Å²) in [7, 11) is 0. The van der Waals surface area contributed by atoms with Crippen LogP contribution in [0.25, 0.3) is 43.5 Å². The topological polar surface area (TPSA) is 219 Å². The molecule has 2 saturated heterocycles. The van der Waals surface area contributed by atoms with Crippen LogP contribution in [0.4, 0.5) is 0 Å². The molecular weight excluding hydrogens is 596 g/mol. The van der Waals surface area contributed by atoms with Crippen LogP contribution in [0.15, 0.2) is 48.8 Å². The average Bonchev–Trinajstić information content (AvgIpc) is 3.01. The van der Waals surface area contributed by atoms with Crippen LogP contribution in [0.2, 0.25) is 0 Å². The highest BCUT2D eigenvalue weighted by atomic mass is 16.8. The van der Waals surface area contributed by atoms with Gasteiger partial charge in [-0.2, -0.15) is 0 Å². The first-order valence-corrected chi connectivity index (χ1v) is 14.4. The molecule has 0 spiro atoms. The van der Waals surface area contributed by atoms with Crippen molar-refractivity contribution >= 4 is 43.5 Å². The van der Waals surface area contributed by atoms with Crippen LogP contribution in [0, 0.1) is 5.92 Å². The largest absolute Gasteiger partial charge is 0.480 e. The number of fused-ring (bicyclic) bond motifs is 2. The second kappa shape index (κ2) is 10.5. The minimum atomic E-state index is -1.59. The molecule has 2 aromatic heterocycles. The zero-order valence-electron chi connectivity index (χ0n) is 24.1. The third kappa shape index (κ3) is 4.36. The minimum absolute atomic E-state index is 0.00856. The van der Waals surface area contributed by atoms with Crippen molar-refractivity contribution in [2.24, 2.45) is 5.92 Å². The van der Waals surface area contributed by atoms with Crippen molar-refractivity contribution in [3.8, 4) is 17.6 Å². The maximum absolute atomic E-state index is 13.8. The zero-order chi connectivity index (χ0) is 32.1. The average molecular weight is 627 g/mol. The normalized spacial score (nSPS) is 32.6. The van der Waals surface area contributed by atoms with E-state index in [2.05, 4.69) is 0 Å². The summed E-state index contributed by atoms with van der Waals surface area (Å²) < 4.78 is 35.0. The lowest BCUT2D eigenvalue weighted by Gasteiger charge is -2.45. The summed E-state index contributed by atoms with van der Waals surface area (Å²) in [4.78, 5) is 26.5. The molecule has 0 amide bonds. The van der Waals surface area contributed by atoms with E-state index < -0.39 is 84.0 Å². The minimum Gasteiger partial charge on any atom is -0.480 e. The van der Waals surface area contributed by atoms with Gasteiger partial charge >= 0.3 is 0 Å². The van der Waals surface area contributed by atoms with Gasteiger partial charge < -0.3 is 58.4 Å². The fraction of sp³-hybridized carbons (Fsp3) is 0.419. The molecule has 10 atom stereocenters. The van der Waals surface area contributed by atoms with Crippen LogP contribution >= 0.6 is 0 Å². The Kier molecular flexibility index (Phi) is 6.94. The van der Waals surface area contributed by atoms with Gasteiger partial charge in [-0.1, -0.05) is 19.1 Å². The highest BCUT2D eigenvalue weighted by molar-refractivity contribution is 6.27. The molecule has 0 saturated carbocycles. The molecule has 45 heavy (non-hydrogen) atoms. The van der Waals surface area contributed by atoms with Crippen molar-refractivity contribution in [3.05, 3.63) is 50.8 Å². The number of aromatic hydroxyl groups is 2. The van der Waals surface area contributed by atoms with Crippen LogP contribution in [0.1, 0.15) is 20.8 Å². The van der Waals surface area contributed by atoms with Gasteiger partial charge in [-0.05, 0) is 32.0 Å². The third-order valence-corrected chi connectivity index (χ3v) is 8.92. The van der Waals surface area contributed by atoms with Crippen LogP contribution in [-0.2, 0) is 14.2 Å². The number of hydrogen-bond donors (Lipinski definition) is 6. The maximum Gasteiger partial charge on any atom is 0.294 e. The Morgan fingerprint density at radius 1 is 0.689 bits per heavy atom. The Morgan fingerprint density at radius 3 is 2.13 bits per heavy atom. The second-order valence-corrected chi connectivity index (χ2v) is 11.7. The Hall–Kier alpha value is -4.02. The van der Waals surface area contributed by atoms with Gasteiger partial charge in [0.05, 0.1) is 23.7 Å². The highest BCUT2D eigenvalue weighted by Gasteiger charge is 2.49. The maximum atomic E-state index is 13.8. The lowest BCUT2D eigenvalue weighted by atomic mass is 9.91. The molecule has 238 valence electrons. The van der Waals surface area contributed by atoms with Gasteiger partial charge in [0.25, 0.3) is 11.9 Å². The fourth-order valence-corrected chi connectivity index (χ4v) is 6.38. The van der Waals surface area contributed by atoms with Gasteiger partial charge in [0.15, 0.2) is 23.4 Å². The first-order chi connectivity index (χ1) is 21.4. The van der Waals surface area contributed by atoms with Crippen LogP contribution in [0.5, 0.6) is 17.6 Å². The van der Waals surface area contributed by atoms with E-state index in [4.69, 9.17) is 27.8 Å². The first-order valence-electron chi connectivity index (χ1n) is 14.4. The fourth-order valence-electron chi connectivity index (χ4n) is 6.38. The zero-order valence-corrected chi connectivity index (χ0v) is 24.1. The molecule has 14 heteroatoms. The summed E-state index contributed by atoms with van der Waals surface area (Å²) in [6, 6.07) is 6.80. The third-order valence-electron chi connectivity index (χ3n) is 8.92. The molecule has 0 radical (unpaired) electrons. The Balaban J connectivity index is 1.39. The quantitative estimate of drug-likeness (QED) is 0.123. The molecule has 14 nitrogen and oxygen atoms in total. The van der Waals surface area contributed by atoms with E-state index >= 15 is 0 Å². The van der Waals surface area contributed by atoms with Gasteiger partial charge in [-0.3, -0.25) is 9.59 Å². The SMILES string of the molecule is CC1O[C@H](OC2[C@H](Oc3cccc4c(=O)c5c(O)oc6ccc(=O)c7c(O)oc(c34)c5c67)OC(C)[C@H](O)[C@@H]2O)[C@H](O)C(C)[C@H]1O. The van der Waals surface area contributed by atoms with Gasteiger partial charge in [0.2, 0.25) is 11.7 Å². The molecular formula is C31H30O14. The molecule has 2 fully saturated rings. The number of aliphatic hydroxyl groups is 4. The van der Waals surface area contributed by atoms with E-state index in [-0.39, 0.29) is 49.2 Å². The number of hydrogen-bond acceptors (Lipinski definition) is 14. The Labute approximate surface area is 252 Å². The van der Waals surface area contributed by atoms with E-state index in [1.165, 1.54) is 31.2 Å². The standard InChI is InChI=1S/C31H30O14/c1-9-21(33)10(2)40-30(22(9)34)45-27-25(37)23(35)11(3)41-31(27)43-14-6-4-5-12-16(14)26-19-18-15(42-29(39)20(19)24(12)36)8-7-13(32)17(18)28(38)44-26/h4-11,21-23,25,27,30-31,33-35,37-39H,1-3H3/t9?,10?,11?,21-,22-,23+,25+,27?,30-,31+/m1/s1. The molecule has 2 aliphatic heterocycles. The van der Waals surface area contributed by atoms with Crippen molar-refractivity contribution in [2.45, 2.75) is 76.1 Å². The summed E-state index contributed by atoms with van der Waals surface area (Å²) in [6.07, 6.45) is -11.3. The molecule has 6 N–H and O–H groups in total. The predicted octanol–water partition coefficient (Wildman–Crippen LogP) is 1.39. The summed E-state index contributed by atoms with van der Waals surface area (Å²) in [5.74, 6) is -2.18. The van der Waals surface area contributed by atoms with Crippen molar-refractivity contribution < 1.29 is 58.4 Å². The van der Waals surface area contributed by atoms with E-state index in [0.717, 1.165) is 6.07 Å². The van der Waals surface area contributed by atoms with Gasteiger partial charge in [0, 0.05) is 22.1 Å². The van der Waals surface area contributed by atoms with Crippen molar-refractivity contribution in [2.75, 3.05) is 0 Å². The van der Waals surface area contributed by atoms with Crippen LogP contribution < -0.4 is 15.6 Å². The molecule has 2 aliphatic rings. The van der Waals surface area contributed by atoms with Crippen molar-refractivity contribution in [1.82, 2.24) is 0 Å². The molecule has 0 bridgehead atoms. The number of rotatable bonds is 4. The molecule has 4 heterocycles. The summed E-state index contributed by atoms with van der Waals surface area (Å²) in [5.41, 5.74) is -1.40. The van der Waals surface area contributed by atoms with Crippen LogP contribution in [-0.4, -0.2) is 85.9 Å². The van der Waals surface area contributed by atoms with E-state index in [0.29, 0.717) is 0 Å². The second-order valence-electron chi connectivity index (χ2n) is 11.7. The smallest absolute Gasteiger partial charge is 0.294 e. The number of benzene rings is 3. The highest BCUT2D eigenvalue weighted by Crippen LogP contribution is 2.45. The van der Waals surface area contributed by atoms with Gasteiger partial charge in [0.1, 0.15) is 40.4 Å². The molecule has 0 aliphatic carbocycles. The lowest BCUT2D eigenvalue weighted by Crippen LogP contribution is -2.62. The van der Waals surface area contributed by atoms with E-state index in [1.54, 1.807) is 13.8 Å². The molecule has 7 rings (SSSR count). The Morgan fingerprint density at radius 2 is 1.38 bits per heavy atom. The number of aliphatic hydroxyl groups excluding tert-OH is 4. The molecule has 4 unspecified atom stereocenters. The summed E-state index contributed by atoms with van der Waals surface area (Å²) >= 11 is 0. The van der Waals surface area contributed by atoms with Crippen molar-refractivity contribution in [1.29, 1.82) is 0 Å². The van der Waals surface area contributed by atoms with E-state index in [1.807, 2.05) is 0 Å². The molecule has 3 aromatic carbocycles. The number of ether oxygens (including phenoxy) is 4. The predicted molar refractivity (Wildman–Crippen MR) is 155 cm³/mol. The monoisotopic (exact) mass is 626 g/mol. The van der Waals surface area contributed by atoms with Gasteiger partial charge in [-0.15, -0.1) is 0 Å². The van der Waals surface area contributed by atoms with Gasteiger partial charge in [-0.25, -0.2) is 0 Å². The summed E-state index contributed by atoms with van der Waals surface area (Å²) in [6.45, 7) is 4.70. The first kappa shape index (κ1) is 29.7. The Bertz CT molecular complexity index is 2050. The summed E-state index contributed by atoms with van der Waals surface area (Å²) in [5, 5.41) is 63.9.